The first kappa shape index (κ1) is 14.5. The average molecular weight is 278 g/mol. The molecular weight excluding hydrogens is 259 g/mol. The minimum atomic E-state index is -0.698. The third kappa shape index (κ3) is 2.67. The second-order valence-electron chi connectivity index (χ2n) is 4.90. The molecule has 0 aliphatic heterocycles. The summed E-state index contributed by atoms with van der Waals surface area (Å²) in [7, 11) is 3.26. The minimum absolute atomic E-state index is 0.206. The fraction of sp³-hybridized carbons (Fsp3) is 0.400. The van der Waals surface area contributed by atoms with Crippen molar-refractivity contribution in [2.45, 2.75) is 26.4 Å². The first-order valence-corrected chi connectivity index (χ1v) is 6.44. The van der Waals surface area contributed by atoms with Gasteiger partial charge < -0.3 is 9.84 Å². The number of methoxy groups -OCH3 is 1. The highest BCUT2D eigenvalue weighted by Gasteiger charge is 2.18. The number of rotatable bonds is 4. The number of aryl methyl sites for hydroxylation is 2. The maximum atomic E-state index is 13.6. The third-order valence-corrected chi connectivity index (χ3v) is 3.54. The van der Waals surface area contributed by atoms with Gasteiger partial charge in [0.05, 0.1) is 18.9 Å². The van der Waals surface area contributed by atoms with E-state index in [4.69, 9.17) is 4.74 Å². The van der Waals surface area contributed by atoms with E-state index < -0.39 is 11.9 Å². The van der Waals surface area contributed by atoms with Crippen molar-refractivity contribution < 1.29 is 14.2 Å². The molecule has 1 aromatic heterocycles. The second-order valence-corrected chi connectivity index (χ2v) is 4.90. The Labute approximate surface area is 117 Å². The van der Waals surface area contributed by atoms with E-state index in [9.17, 15) is 9.50 Å². The Hall–Kier alpha value is -1.88. The average Bonchev–Trinajstić information content (AvgIpc) is 2.63. The SMILES string of the molecule is COc1ccc(CC(O)c2c(C)nn(C)c2C)cc1F. The van der Waals surface area contributed by atoms with Crippen molar-refractivity contribution in [2.75, 3.05) is 7.11 Å². The number of hydrogen-bond acceptors (Lipinski definition) is 3. The summed E-state index contributed by atoms with van der Waals surface area (Å²) in [4.78, 5) is 0. The summed E-state index contributed by atoms with van der Waals surface area (Å²) < 4.78 is 20.3. The number of ether oxygens (including phenoxy) is 1. The van der Waals surface area contributed by atoms with Crippen LogP contribution in [0.15, 0.2) is 18.2 Å². The molecule has 4 nitrogen and oxygen atoms in total. The van der Waals surface area contributed by atoms with E-state index >= 15 is 0 Å². The topological polar surface area (TPSA) is 47.3 Å². The Morgan fingerprint density at radius 2 is 2.10 bits per heavy atom. The molecule has 0 fully saturated rings. The van der Waals surface area contributed by atoms with Crippen LogP contribution in [0.25, 0.3) is 0 Å². The molecule has 0 aliphatic carbocycles. The molecule has 0 amide bonds. The summed E-state index contributed by atoms with van der Waals surface area (Å²) in [5.74, 6) is -0.214. The van der Waals surface area contributed by atoms with E-state index in [-0.39, 0.29) is 5.75 Å². The molecule has 0 radical (unpaired) electrons. The van der Waals surface area contributed by atoms with Crippen LogP contribution in [0.2, 0.25) is 0 Å². The van der Waals surface area contributed by atoms with E-state index in [0.717, 1.165) is 22.5 Å². The third-order valence-electron chi connectivity index (χ3n) is 3.54. The van der Waals surface area contributed by atoms with Gasteiger partial charge >= 0.3 is 0 Å². The number of aliphatic hydroxyl groups excluding tert-OH is 1. The normalized spacial score (nSPS) is 12.5. The molecule has 1 N–H and O–H groups in total. The van der Waals surface area contributed by atoms with E-state index in [2.05, 4.69) is 5.10 Å². The monoisotopic (exact) mass is 278 g/mol. The minimum Gasteiger partial charge on any atom is -0.494 e. The van der Waals surface area contributed by atoms with Crippen LogP contribution < -0.4 is 4.74 Å². The molecule has 2 aromatic rings. The van der Waals surface area contributed by atoms with Crippen LogP contribution in [-0.4, -0.2) is 22.0 Å². The number of nitrogens with zero attached hydrogens (tertiary/aromatic N) is 2. The van der Waals surface area contributed by atoms with Crippen LogP contribution in [-0.2, 0) is 13.5 Å². The highest BCUT2D eigenvalue weighted by molar-refractivity contribution is 5.32. The van der Waals surface area contributed by atoms with Gasteiger partial charge in [0.15, 0.2) is 11.6 Å². The van der Waals surface area contributed by atoms with Gasteiger partial charge in [-0.1, -0.05) is 6.07 Å². The number of aromatic nitrogens is 2. The fourth-order valence-electron chi connectivity index (χ4n) is 2.43. The molecule has 1 unspecified atom stereocenters. The highest BCUT2D eigenvalue weighted by Crippen LogP contribution is 2.26. The van der Waals surface area contributed by atoms with E-state index in [0.29, 0.717) is 6.42 Å². The van der Waals surface area contributed by atoms with Crippen molar-refractivity contribution in [1.29, 1.82) is 0 Å². The summed E-state index contributed by atoms with van der Waals surface area (Å²) in [5, 5.41) is 14.6. The Bertz CT molecular complexity index is 623. The molecule has 108 valence electrons. The number of hydrogen-bond donors (Lipinski definition) is 1. The van der Waals surface area contributed by atoms with Crippen LogP contribution >= 0.6 is 0 Å². The lowest BCUT2D eigenvalue weighted by molar-refractivity contribution is 0.176. The van der Waals surface area contributed by atoms with Gasteiger partial charge in [-0.3, -0.25) is 4.68 Å². The molecule has 20 heavy (non-hydrogen) atoms. The summed E-state index contributed by atoms with van der Waals surface area (Å²) in [6.07, 6.45) is -0.356. The van der Waals surface area contributed by atoms with Crippen molar-refractivity contribution in [2.24, 2.45) is 7.05 Å². The van der Waals surface area contributed by atoms with Crippen molar-refractivity contribution >= 4 is 0 Å². The molecule has 5 heteroatoms. The first-order valence-electron chi connectivity index (χ1n) is 6.44. The van der Waals surface area contributed by atoms with Crippen LogP contribution in [0.4, 0.5) is 4.39 Å². The van der Waals surface area contributed by atoms with Crippen LogP contribution in [0.3, 0.4) is 0 Å². The number of aliphatic hydroxyl groups is 1. The smallest absolute Gasteiger partial charge is 0.165 e. The van der Waals surface area contributed by atoms with E-state index in [1.54, 1.807) is 16.8 Å². The predicted octanol–water partition coefficient (Wildman–Crippen LogP) is 2.46. The maximum Gasteiger partial charge on any atom is 0.165 e. The molecule has 1 aromatic carbocycles. The molecule has 2 rings (SSSR count). The molecule has 0 aliphatic rings. The van der Waals surface area contributed by atoms with E-state index in [1.807, 2.05) is 20.9 Å². The zero-order chi connectivity index (χ0) is 14.9. The first-order chi connectivity index (χ1) is 9.43. The Balaban J connectivity index is 2.23. The zero-order valence-corrected chi connectivity index (χ0v) is 12.1. The summed E-state index contributed by atoms with van der Waals surface area (Å²) >= 11 is 0. The van der Waals surface area contributed by atoms with Crippen molar-refractivity contribution in [3.8, 4) is 5.75 Å². The largest absolute Gasteiger partial charge is 0.494 e. The lowest BCUT2D eigenvalue weighted by Crippen LogP contribution is -2.05. The van der Waals surface area contributed by atoms with Crippen LogP contribution in [0.5, 0.6) is 5.75 Å². The van der Waals surface area contributed by atoms with Gasteiger partial charge in [-0.15, -0.1) is 0 Å². The number of halogens is 1. The van der Waals surface area contributed by atoms with Crippen molar-refractivity contribution in [3.63, 3.8) is 0 Å². The molecule has 0 spiro atoms. The van der Waals surface area contributed by atoms with Gasteiger partial charge in [-0.2, -0.15) is 5.10 Å². The van der Waals surface area contributed by atoms with Gasteiger partial charge in [0.2, 0.25) is 0 Å². The van der Waals surface area contributed by atoms with Gasteiger partial charge in [0.25, 0.3) is 0 Å². The molecule has 1 heterocycles. The Kier molecular flexibility index (Phi) is 4.09. The Morgan fingerprint density at radius 1 is 1.40 bits per heavy atom. The van der Waals surface area contributed by atoms with Crippen molar-refractivity contribution in [1.82, 2.24) is 9.78 Å². The lowest BCUT2D eigenvalue weighted by atomic mass is 10.00. The van der Waals surface area contributed by atoms with Crippen LogP contribution in [0, 0.1) is 19.7 Å². The zero-order valence-electron chi connectivity index (χ0n) is 12.1. The molecule has 1 atom stereocenters. The molecule has 0 bridgehead atoms. The van der Waals surface area contributed by atoms with Gasteiger partial charge in [0, 0.05) is 24.7 Å². The van der Waals surface area contributed by atoms with Gasteiger partial charge in [0.1, 0.15) is 0 Å². The maximum absolute atomic E-state index is 13.6. The number of benzene rings is 1. The summed E-state index contributed by atoms with van der Waals surface area (Å²) in [5.41, 5.74) is 3.25. The molecule has 0 saturated carbocycles. The van der Waals surface area contributed by atoms with Crippen LogP contribution in [0.1, 0.15) is 28.6 Å². The lowest BCUT2D eigenvalue weighted by Gasteiger charge is -2.12. The van der Waals surface area contributed by atoms with Gasteiger partial charge in [-0.05, 0) is 31.5 Å². The van der Waals surface area contributed by atoms with E-state index in [1.165, 1.54) is 13.2 Å². The Morgan fingerprint density at radius 3 is 2.60 bits per heavy atom. The standard InChI is InChI=1S/C15H19FN2O2/c1-9-15(10(2)18(3)17-9)13(19)8-11-5-6-14(20-4)12(16)7-11/h5-7,13,19H,8H2,1-4H3. The molecular formula is C15H19FN2O2. The fourth-order valence-corrected chi connectivity index (χ4v) is 2.43. The predicted molar refractivity (Wildman–Crippen MR) is 74.3 cm³/mol. The van der Waals surface area contributed by atoms with Gasteiger partial charge in [-0.25, -0.2) is 4.39 Å². The second kappa shape index (κ2) is 5.63. The quantitative estimate of drug-likeness (QED) is 0.934. The van der Waals surface area contributed by atoms with Crippen molar-refractivity contribution in [3.05, 3.63) is 46.5 Å². The highest BCUT2D eigenvalue weighted by atomic mass is 19.1. The summed E-state index contributed by atoms with van der Waals surface area (Å²) in [6.45, 7) is 3.77. The molecule has 0 saturated heterocycles. The summed E-state index contributed by atoms with van der Waals surface area (Å²) in [6, 6.07) is 4.72.